The maximum atomic E-state index is 12.9. The van der Waals surface area contributed by atoms with Gasteiger partial charge in [-0.3, -0.25) is 4.79 Å². The maximum absolute atomic E-state index is 12.9. The lowest BCUT2D eigenvalue weighted by atomic mass is 10.1. The number of ether oxygens (including phenoxy) is 1. The van der Waals surface area contributed by atoms with Crippen LogP contribution < -0.4 is 16.0 Å². The SMILES string of the molecule is CCN(CC)S(=O)(=O)c1ccc(N2CCOCC2)c(C(=O)N[C@@H](C)CN)c1.Cl. The summed E-state index contributed by atoms with van der Waals surface area (Å²) in [5, 5.41) is 2.83. The van der Waals surface area contributed by atoms with Crippen LogP contribution in [0.1, 0.15) is 31.1 Å². The van der Waals surface area contributed by atoms with E-state index in [0.717, 1.165) is 0 Å². The molecule has 1 aromatic carbocycles. The van der Waals surface area contributed by atoms with Gasteiger partial charge in [0, 0.05) is 44.5 Å². The fourth-order valence-electron chi connectivity index (χ4n) is 3.01. The molecule has 1 amide bonds. The van der Waals surface area contributed by atoms with E-state index in [1.807, 2.05) is 11.8 Å². The van der Waals surface area contributed by atoms with Gasteiger partial charge < -0.3 is 20.7 Å². The number of benzene rings is 1. The lowest BCUT2D eigenvalue weighted by molar-refractivity contribution is 0.0939. The molecule has 0 aliphatic carbocycles. The molecule has 0 saturated carbocycles. The molecular weight excluding hydrogens is 404 g/mol. The highest BCUT2D eigenvalue weighted by Gasteiger charge is 2.26. The van der Waals surface area contributed by atoms with Crippen molar-refractivity contribution in [2.45, 2.75) is 31.7 Å². The van der Waals surface area contributed by atoms with Crippen molar-refractivity contribution < 1.29 is 17.9 Å². The van der Waals surface area contributed by atoms with Gasteiger partial charge in [-0.15, -0.1) is 12.4 Å². The van der Waals surface area contributed by atoms with Crippen LogP contribution in [0.3, 0.4) is 0 Å². The van der Waals surface area contributed by atoms with Crippen molar-refractivity contribution >= 4 is 34.0 Å². The molecule has 1 aromatic rings. The molecule has 0 bridgehead atoms. The summed E-state index contributed by atoms with van der Waals surface area (Å²) < 4.78 is 32.5. The van der Waals surface area contributed by atoms with Crippen LogP contribution in [0.15, 0.2) is 23.1 Å². The number of halogens is 1. The van der Waals surface area contributed by atoms with Crippen molar-refractivity contribution in [3.8, 4) is 0 Å². The van der Waals surface area contributed by atoms with Crippen molar-refractivity contribution in [3.05, 3.63) is 23.8 Å². The highest BCUT2D eigenvalue weighted by Crippen LogP contribution is 2.27. The molecule has 1 aliphatic rings. The number of hydrogen-bond donors (Lipinski definition) is 2. The number of morpholine rings is 1. The van der Waals surface area contributed by atoms with Gasteiger partial charge in [-0.05, 0) is 25.1 Å². The van der Waals surface area contributed by atoms with Gasteiger partial charge in [-0.1, -0.05) is 13.8 Å². The number of sulfonamides is 1. The highest BCUT2D eigenvalue weighted by atomic mass is 35.5. The number of carbonyl (C=O) groups is 1. The van der Waals surface area contributed by atoms with Crippen LogP contribution in [0.2, 0.25) is 0 Å². The third-order valence-corrected chi connectivity index (χ3v) is 6.68. The Bertz CT molecular complexity index is 750. The van der Waals surface area contributed by atoms with Gasteiger partial charge in [0.25, 0.3) is 5.91 Å². The van der Waals surface area contributed by atoms with Gasteiger partial charge in [-0.25, -0.2) is 8.42 Å². The molecule has 0 unspecified atom stereocenters. The minimum atomic E-state index is -3.65. The number of nitrogens with one attached hydrogen (secondary N) is 1. The summed E-state index contributed by atoms with van der Waals surface area (Å²) in [5.41, 5.74) is 6.66. The molecule has 1 heterocycles. The van der Waals surface area contributed by atoms with Gasteiger partial charge in [0.05, 0.1) is 23.7 Å². The van der Waals surface area contributed by atoms with E-state index in [1.165, 1.54) is 10.4 Å². The van der Waals surface area contributed by atoms with Crippen molar-refractivity contribution in [1.29, 1.82) is 0 Å². The third kappa shape index (κ3) is 5.57. The number of anilines is 1. The van der Waals surface area contributed by atoms with Crippen LogP contribution in [0.4, 0.5) is 5.69 Å². The van der Waals surface area contributed by atoms with Crippen LogP contribution in [-0.2, 0) is 14.8 Å². The predicted octanol–water partition coefficient (Wildman–Crippen LogP) is 1.05. The molecule has 28 heavy (non-hydrogen) atoms. The van der Waals surface area contributed by atoms with Crippen LogP contribution >= 0.6 is 12.4 Å². The number of hydrogen-bond acceptors (Lipinski definition) is 6. The van der Waals surface area contributed by atoms with Gasteiger partial charge >= 0.3 is 0 Å². The minimum absolute atomic E-state index is 0. The normalized spacial score (nSPS) is 15.8. The Balaban J connectivity index is 0.00000392. The quantitative estimate of drug-likeness (QED) is 0.633. The van der Waals surface area contributed by atoms with E-state index in [1.54, 1.807) is 26.0 Å². The monoisotopic (exact) mass is 434 g/mol. The van der Waals surface area contributed by atoms with E-state index < -0.39 is 10.0 Å². The summed E-state index contributed by atoms with van der Waals surface area (Å²) in [5.74, 6) is -0.328. The van der Waals surface area contributed by atoms with Crippen LogP contribution in [0, 0.1) is 0 Å². The Morgan fingerprint density at radius 2 is 1.89 bits per heavy atom. The highest BCUT2D eigenvalue weighted by molar-refractivity contribution is 7.89. The molecule has 1 saturated heterocycles. The molecule has 1 aliphatic heterocycles. The molecule has 3 N–H and O–H groups in total. The largest absolute Gasteiger partial charge is 0.378 e. The average molecular weight is 435 g/mol. The van der Waals surface area contributed by atoms with E-state index in [-0.39, 0.29) is 29.3 Å². The Hall–Kier alpha value is -1.39. The molecule has 1 fully saturated rings. The van der Waals surface area contributed by atoms with Crippen LogP contribution in [0.25, 0.3) is 0 Å². The first-order valence-electron chi connectivity index (χ1n) is 9.32. The lowest BCUT2D eigenvalue weighted by Crippen LogP contribution is -2.41. The third-order valence-electron chi connectivity index (χ3n) is 4.64. The second-order valence-electron chi connectivity index (χ2n) is 6.48. The standard InChI is InChI=1S/C18H30N4O4S.ClH/c1-4-22(5-2)27(24,25)15-6-7-17(21-8-10-26-11-9-21)16(12-15)18(23)20-14(3)13-19;/h6-7,12,14H,4-5,8-11,13,19H2,1-3H3,(H,20,23);1H/t14-;/m0./s1. The van der Waals surface area contributed by atoms with Crippen LogP contribution in [-0.4, -0.2) is 70.6 Å². The molecule has 160 valence electrons. The van der Waals surface area contributed by atoms with Crippen molar-refractivity contribution in [3.63, 3.8) is 0 Å². The van der Waals surface area contributed by atoms with E-state index in [2.05, 4.69) is 5.32 Å². The molecular formula is C18H31ClN4O4S. The fraction of sp³-hybridized carbons (Fsp3) is 0.611. The van der Waals surface area contributed by atoms with Gasteiger partial charge in [0.2, 0.25) is 10.0 Å². The Morgan fingerprint density at radius 3 is 2.43 bits per heavy atom. The Morgan fingerprint density at radius 1 is 1.29 bits per heavy atom. The van der Waals surface area contributed by atoms with Crippen molar-refractivity contribution in [1.82, 2.24) is 9.62 Å². The summed E-state index contributed by atoms with van der Waals surface area (Å²) in [6.45, 7) is 8.87. The van der Waals surface area contributed by atoms with Crippen molar-refractivity contribution in [2.75, 3.05) is 50.8 Å². The zero-order chi connectivity index (χ0) is 20.0. The smallest absolute Gasteiger partial charge is 0.253 e. The predicted molar refractivity (Wildman–Crippen MR) is 113 cm³/mol. The second kappa shape index (κ2) is 11.0. The maximum Gasteiger partial charge on any atom is 0.253 e. The number of amides is 1. The van der Waals surface area contributed by atoms with Gasteiger partial charge in [0.15, 0.2) is 0 Å². The van der Waals surface area contributed by atoms with E-state index in [9.17, 15) is 13.2 Å². The Labute approximate surface area is 173 Å². The van der Waals surface area contributed by atoms with E-state index >= 15 is 0 Å². The number of nitrogens with zero attached hydrogens (tertiary/aromatic N) is 2. The zero-order valence-corrected chi connectivity index (χ0v) is 18.3. The van der Waals surface area contributed by atoms with E-state index in [0.29, 0.717) is 57.2 Å². The molecule has 8 nitrogen and oxygen atoms in total. The Kier molecular flexibility index (Phi) is 9.65. The van der Waals surface area contributed by atoms with Crippen molar-refractivity contribution in [2.24, 2.45) is 5.73 Å². The summed E-state index contributed by atoms with van der Waals surface area (Å²) in [6, 6.07) is 4.54. The summed E-state index contributed by atoms with van der Waals surface area (Å²) in [4.78, 5) is 15.0. The van der Waals surface area contributed by atoms with Gasteiger partial charge in [-0.2, -0.15) is 4.31 Å². The lowest BCUT2D eigenvalue weighted by Gasteiger charge is -2.31. The first-order chi connectivity index (χ1) is 12.8. The molecule has 0 aromatic heterocycles. The first kappa shape index (κ1) is 24.6. The molecule has 2 rings (SSSR count). The fourth-order valence-corrected chi connectivity index (χ4v) is 4.50. The summed E-state index contributed by atoms with van der Waals surface area (Å²) in [7, 11) is -3.65. The summed E-state index contributed by atoms with van der Waals surface area (Å²) >= 11 is 0. The topological polar surface area (TPSA) is 105 Å². The second-order valence-corrected chi connectivity index (χ2v) is 8.42. The molecule has 0 spiro atoms. The summed E-state index contributed by atoms with van der Waals surface area (Å²) in [6.07, 6.45) is 0. The van der Waals surface area contributed by atoms with E-state index in [4.69, 9.17) is 10.5 Å². The van der Waals surface area contributed by atoms with Gasteiger partial charge in [0.1, 0.15) is 0 Å². The molecule has 0 radical (unpaired) electrons. The number of nitrogens with two attached hydrogens (primary N) is 1. The number of rotatable bonds is 8. The first-order valence-corrected chi connectivity index (χ1v) is 10.8. The minimum Gasteiger partial charge on any atom is -0.378 e. The zero-order valence-electron chi connectivity index (χ0n) is 16.7. The molecule has 1 atom stereocenters. The number of carbonyl (C=O) groups excluding carboxylic acids is 1. The average Bonchev–Trinajstić information content (AvgIpc) is 2.68. The molecule has 10 heteroatoms. The van der Waals surface area contributed by atoms with Crippen LogP contribution in [0.5, 0.6) is 0 Å².